The van der Waals surface area contributed by atoms with Crippen LogP contribution in [0.1, 0.15) is 55.5 Å². The van der Waals surface area contributed by atoms with Crippen LogP contribution in [0.25, 0.3) is 11.1 Å². The molecule has 3 nitrogen and oxygen atoms in total. The molecule has 0 aliphatic carbocycles. The molecule has 0 bridgehead atoms. The molecule has 0 saturated heterocycles. The Bertz CT molecular complexity index is 659. The molecule has 1 unspecified atom stereocenters. The third-order valence-corrected chi connectivity index (χ3v) is 4.08. The number of hydrogen-bond acceptors (Lipinski definition) is 2. The molecule has 1 atom stereocenters. The minimum Gasteiger partial charge on any atom is -0.493 e. The average Bonchev–Trinajstić information content (AvgIpc) is 2.59. The van der Waals surface area contributed by atoms with E-state index in [9.17, 15) is 4.79 Å². The van der Waals surface area contributed by atoms with E-state index >= 15 is 0 Å². The molecule has 0 aliphatic heterocycles. The van der Waals surface area contributed by atoms with Crippen molar-refractivity contribution < 1.29 is 14.6 Å². The van der Waals surface area contributed by atoms with Crippen LogP contribution in [0.15, 0.2) is 42.5 Å². The van der Waals surface area contributed by atoms with Gasteiger partial charge in [0.05, 0.1) is 12.2 Å². The van der Waals surface area contributed by atoms with E-state index < -0.39 is 5.97 Å². The molecule has 0 aromatic heterocycles. The van der Waals surface area contributed by atoms with E-state index in [0.29, 0.717) is 11.5 Å². The number of rotatable bonds is 7. The van der Waals surface area contributed by atoms with E-state index in [4.69, 9.17) is 9.84 Å². The summed E-state index contributed by atoms with van der Waals surface area (Å²) in [5, 5.41) is 9.00. The largest absolute Gasteiger partial charge is 0.493 e. The molecule has 1 N–H and O–H groups in total. The molecule has 122 valence electrons. The van der Waals surface area contributed by atoms with Crippen LogP contribution in [-0.4, -0.2) is 17.7 Å². The Labute approximate surface area is 137 Å². The van der Waals surface area contributed by atoms with Crippen molar-refractivity contribution in [3.63, 3.8) is 0 Å². The quantitative estimate of drug-likeness (QED) is 0.749. The third kappa shape index (κ3) is 4.13. The van der Waals surface area contributed by atoms with Gasteiger partial charge >= 0.3 is 5.97 Å². The number of hydrogen-bond donors (Lipinski definition) is 1. The lowest BCUT2D eigenvalue weighted by Gasteiger charge is -2.17. The van der Waals surface area contributed by atoms with Gasteiger partial charge in [-0.25, -0.2) is 4.79 Å². The number of carboxylic acid groups (broad SMARTS) is 1. The first-order valence-corrected chi connectivity index (χ1v) is 8.17. The van der Waals surface area contributed by atoms with E-state index in [1.165, 1.54) is 5.56 Å². The summed E-state index contributed by atoms with van der Waals surface area (Å²) < 4.78 is 5.87. The van der Waals surface area contributed by atoms with Crippen molar-refractivity contribution in [2.45, 2.75) is 39.5 Å². The maximum Gasteiger partial charge on any atom is 0.335 e. The molecule has 0 amide bonds. The van der Waals surface area contributed by atoms with Gasteiger partial charge in [0.1, 0.15) is 5.75 Å². The number of ether oxygens (including phenoxy) is 1. The highest BCUT2D eigenvalue weighted by atomic mass is 16.5. The standard InChI is InChI=1S/C20H24O3/c1-4-12-23-19-11-10-17(13-18(19)14(3)5-2)15-6-8-16(9-7-15)20(21)22/h6-11,13-14H,4-5,12H2,1-3H3,(H,21,22). The number of carbonyl (C=O) groups is 1. The molecule has 2 aromatic rings. The van der Waals surface area contributed by atoms with Crippen LogP contribution in [0, 0.1) is 0 Å². The first-order chi connectivity index (χ1) is 11.1. The fourth-order valence-electron chi connectivity index (χ4n) is 2.48. The Kier molecular flexibility index (Phi) is 5.80. The zero-order valence-corrected chi connectivity index (χ0v) is 14.0. The highest BCUT2D eigenvalue weighted by Gasteiger charge is 2.12. The predicted octanol–water partition coefficient (Wildman–Crippen LogP) is 5.35. The molecule has 0 aliphatic rings. The Balaban J connectivity index is 2.37. The summed E-state index contributed by atoms with van der Waals surface area (Å²) in [7, 11) is 0. The summed E-state index contributed by atoms with van der Waals surface area (Å²) in [4.78, 5) is 11.0. The van der Waals surface area contributed by atoms with Crippen molar-refractivity contribution in [3.05, 3.63) is 53.6 Å². The molecule has 23 heavy (non-hydrogen) atoms. The van der Waals surface area contributed by atoms with Gasteiger partial charge in [0.2, 0.25) is 0 Å². The van der Waals surface area contributed by atoms with Crippen molar-refractivity contribution >= 4 is 5.97 Å². The smallest absolute Gasteiger partial charge is 0.335 e. The SMILES string of the molecule is CCCOc1ccc(-c2ccc(C(=O)O)cc2)cc1C(C)CC. The fourth-order valence-corrected chi connectivity index (χ4v) is 2.48. The van der Waals surface area contributed by atoms with Crippen LogP contribution in [0.5, 0.6) is 5.75 Å². The van der Waals surface area contributed by atoms with Crippen molar-refractivity contribution in [1.29, 1.82) is 0 Å². The first-order valence-electron chi connectivity index (χ1n) is 8.17. The van der Waals surface area contributed by atoms with Gasteiger partial charge in [-0.05, 0) is 59.7 Å². The molecule has 0 heterocycles. The molecular formula is C20H24O3. The number of aromatic carboxylic acids is 1. The normalized spacial score (nSPS) is 12.0. The Morgan fingerprint density at radius 1 is 1.09 bits per heavy atom. The maximum atomic E-state index is 11.0. The lowest BCUT2D eigenvalue weighted by molar-refractivity contribution is 0.0697. The molecule has 2 rings (SSSR count). The highest BCUT2D eigenvalue weighted by molar-refractivity contribution is 5.88. The van der Waals surface area contributed by atoms with Gasteiger partial charge in [-0.15, -0.1) is 0 Å². The van der Waals surface area contributed by atoms with Gasteiger partial charge in [0.15, 0.2) is 0 Å². The fraction of sp³-hybridized carbons (Fsp3) is 0.350. The minimum absolute atomic E-state index is 0.304. The lowest BCUT2D eigenvalue weighted by atomic mass is 9.93. The van der Waals surface area contributed by atoms with Crippen LogP contribution >= 0.6 is 0 Å². The first kappa shape index (κ1) is 17.1. The lowest BCUT2D eigenvalue weighted by Crippen LogP contribution is -2.02. The topological polar surface area (TPSA) is 46.5 Å². The zero-order valence-electron chi connectivity index (χ0n) is 14.0. The van der Waals surface area contributed by atoms with Gasteiger partial charge in [-0.1, -0.05) is 39.0 Å². The summed E-state index contributed by atoms with van der Waals surface area (Å²) in [6.07, 6.45) is 2.03. The molecule has 0 fully saturated rings. The molecule has 2 aromatic carbocycles. The zero-order chi connectivity index (χ0) is 16.8. The van der Waals surface area contributed by atoms with Crippen LogP contribution in [0.3, 0.4) is 0 Å². The molecule has 3 heteroatoms. The van der Waals surface area contributed by atoms with Crippen molar-refractivity contribution in [3.8, 4) is 16.9 Å². The van der Waals surface area contributed by atoms with Crippen molar-refractivity contribution in [2.75, 3.05) is 6.61 Å². The van der Waals surface area contributed by atoms with Gasteiger partial charge < -0.3 is 9.84 Å². The molecule has 0 radical (unpaired) electrons. The summed E-state index contributed by atoms with van der Waals surface area (Å²) in [6.45, 7) is 7.19. The van der Waals surface area contributed by atoms with Crippen molar-refractivity contribution in [2.24, 2.45) is 0 Å². The summed E-state index contributed by atoms with van der Waals surface area (Å²) in [5.41, 5.74) is 3.61. The van der Waals surface area contributed by atoms with Crippen LogP contribution < -0.4 is 4.74 Å². The molecular weight excluding hydrogens is 288 g/mol. The van der Waals surface area contributed by atoms with Crippen LogP contribution in [0.4, 0.5) is 0 Å². The van der Waals surface area contributed by atoms with E-state index in [1.807, 2.05) is 24.3 Å². The second-order valence-electron chi connectivity index (χ2n) is 5.79. The van der Waals surface area contributed by atoms with Gasteiger partial charge in [-0.2, -0.15) is 0 Å². The maximum absolute atomic E-state index is 11.0. The van der Waals surface area contributed by atoms with Crippen molar-refractivity contribution in [1.82, 2.24) is 0 Å². The Morgan fingerprint density at radius 3 is 2.30 bits per heavy atom. The molecule has 0 spiro atoms. The average molecular weight is 312 g/mol. The summed E-state index contributed by atoms with van der Waals surface area (Å²) >= 11 is 0. The van der Waals surface area contributed by atoms with E-state index in [2.05, 4.69) is 26.8 Å². The minimum atomic E-state index is -0.903. The van der Waals surface area contributed by atoms with Gasteiger partial charge in [0.25, 0.3) is 0 Å². The van der Waals surface area contributed by atoms with E-state index in [-0.39, 0.29) is 0 Å². The van der Waals surface area contributed by atoms with Gasteiger partial charge in [0, 0.05) is 0 Å². The monoisotopic (exact) mass is 312 g/mol. The number of carboxylic acids is 1. The molecule has 0 saturated carbocycles. The van der Waals surface area contributed by atoms with Gasteiger partial charge in [-0.3, -0.25) is 0 Å². The van der Waals surface area contributed by atoms with Crippen LogP contribution in [0.2, 0.25) is 0 Å². The summed E-state index contributed by atoms with van der Waals surface area (Å²) in [5.74, 6) is 0.465. The predicted molar refractivity (Wildman–Crippen MR) is 93.3 cm³/mol. The Hall–Kier alpha value is -2.29. The second kappa shape index (κ2) is 7.82. The van der Waals surface area contributed by atoms with E-state index in [0.717, 1.165) is 36.3 Å². The third-order valence-electron chi connectivity index (χ3n) is 4.08. The Morgan fingerprint density at radius 2 is 1.74 bits per heavy atom. The van der Waals surface area contributed by atoms with Crippen LogP contribution in [-0.2, 0) is 0 Å². The highest BCUT2D eigenvalue weighted by Crippen LogP contribution is 2.33. The summed E-state index contributed by atoms with van der Waals surface area (Å²) in [6, 6.07) is 13.2. The second-order valence-corrected chi connectivity index (χ2v) is 5.79. The number of benzene rings is 2. The van der Waals surface area contributed by atoms with E-state index in [1.54, 1.807) is 12.1 Å².